The van der Waals surface area contributed by atoms with Gasteiger partial charge in [0.25, 0.3) is 0 Å². The molecule has 3 nitrogen and oxygen atoms in total. The summed E-state index contributed by atoms with van der Waals surface area (Å²) in [5.74, 6) is 0.867. The first-order valence-electron chi connectivity index (χ1n) is 6.53. The molecule has 0 aliphatic carbocycles. The van der Waals surface area contributed by atoms with Crippen LogP contribution in [-0.4, -0.2) is 16.7 Å². The summed E-state index contributed by atoms with van der Waals surface area (Å²) in [7, 11) is 0. The molecule has 0 saturated carbocycles. The van der Waals surface area contributed by atoms with Crippen LogP contribution in [0.2, 0.25) is 0 Å². The number of aryl methyl sites for hydroxylation is 3. The van der Waals surface area contributed by atoms with Crippen molar-refractivity contribution in [2.75, 3.05) is 6.61 Å². The molecule has 1 N–H and O–H groups in total. The van der Waals surface area contributed by atoms with Crippen molar-refractivity contribution in [3.8, 4) is 5.75 Å². The third-order valence-corrected chi connectivity index (χ3v) is 4.57. The fraction of sp³-hybridized carbons (Fsp3) is 0.400. The summed E-state index contributed by atoms with van der Waals surface area (Å²) >= 11 is 1.55. The molecule has 0 saturated heterocycles. The van der Waals surface area contributed by atoms with Crippen LogP contribution in [0.25, 0.3) is 0 Å². The lowest BCUT2D eigenvalue weighted by Gasteiger charge is -2.22. The van der Waals surface area contributed by atoms with Crippen molar-refractivity contribution in [2.24, 2.45) is 0 Å². The summed E-state index contributed by atoms with van der Waals surface area (Å²) in [5.41, 5.74) is 2.97. The number of aromatic nitrogens is 1. The summed E-state index contributed by atoms with van der Waals surface area (Å²) in [6, 6.07) is 6.02. The van der Waals surface area contributed by atoms with Crippen molar-refractivity contribution in [2.45, 2.75) is 32.8 Å². The Labute approximate surface area is 116 Å². The van der Waals surface area contributed by atoms with E-state index in [0.29, 0.717) is 0 Å². The van der Waals surface area contributed by atoms with E-state index in [2.05, 4.69) is 11.1 Å². The van der Waals surface area contributed by atoms with Crippen molar-refractivity contribution < 1.29 is 9.84 Å². The quantitative estimate of drug-likeness (QED) is 0.915. The van der Waals surface area contributed by atoms with Crippen LogP contribution in [-0.2, 0) is 6.42 Å². The molecule has 0 fully saturated rings. The van der Waals surface area contributed by atoms with Gasteiger partial charge in [-0.1, -0.05) is 18.2 Å². The third kappa shape index (κ3) is 2.26. The molecular formula is C15H17NO2S. The van der Waals surface area contributed by atoms with E-state index >= 15 is 0 Å². The molecule has 2 heterocycles. The van der Waals surface area contributed by atoms with Crippen molar-refractivity contribution in [1.82, 2.24) is 4.98 Å². The van der Waals surface area contributed by atoms with Crippen LogP contribution < -0.4 is 4.74 Å². The van der Waals surface area contributed by atoms with Crippen molar-refractivity contribution >= 4 is 11.3 Å². The number of aliphatic hydroxyl groups is 1. The van der Waals surface area contributed by atoms with Gasteiger partial charge in [0.1, 0.15) is 11.9 Å². The van der Waals surface area contributed by atoms with E-state index in [1.54, 1.807) is 11.3 Å². The standard InChI is InChI=1S/C15H17NO2S/c1-9-15(19-10(2)16-9)13(17)12-7-3-5-11-6-4-8-18-14(11)12/h3,5,7,13,17H,4,6,8H2,1-2H3. The number of rotatable bonds is 2. The Balaban J connectivity index is 2.04. The molecule has 1 unspecified atom stereocenters. The van der Waals surface area contributed by atoms with Gasteiger partial charge in [0.05, 0.1) is 22.2 Å². The van der Waals surface area contributed by atoms with E-state index in [9.17, 15) is 5.11 Å². The summed E-state index contributed by atoms with van der Waals surface area (Å²) in [6.07, 6.45) is 1.43. The monoisotopic (exact) mass is 275 g/mol. The first-order chi connectivity index (χ1) is 9.16. The number of aliphatic hydroxyl groups excluding tert-OH is 1. The minimum atomic E-state index is -0.640. The molecule has 2 aromatic rings. The van der Waals surface area contributed by atoms with Crippen LogP contribution in [0.15, 0.2) is 18.2 Å². The van der Waals surface area contributed by atoms with Gasteiger partial charge in [-0.2, -0.15) is 0 Å². The predicted octanol–water partition coefficient (Wildman–Crippen LogP) is 3.17. The Morgan fingerprint density at radius 3 is 2.95 bits per heavy atom. The number of para-hydroxylation sites is 1. The number of fused-ring (bicyclic) bond motifs is 1. The molecule has 1 aliphatic rings. The molecule has 1 aromatic carbocycles. The average molecular weight is 275 g/mol. The van der Waals surface area contributed by atoms with Crippen LogP contribution >= 0.6 is 11.3 Å². The first kappa shape index (κ1) is 12.6. The molecular weight excluding hydrogens is 258 g/mol. The maximum absolute atomic E-state index is 10.6. The maximum atomic E-state index is 10.6. The predicted molar refractivity (Wildman–Crippen MR) is 75.9 cm³/mol. The normalized spacial score (nSPS) is 15.7. The Hall–Kier alpha value is -1.39. The topological polar surface area (TPSA) is 42.4 Å². The van der Waals surface area contributed by atoms with Crippen LogP contribution in [0.4, 0.5) is 0 Å². The Bertz CT molecular complexity index is 606. The number of nitrogens with zero attached hydrogens (tertiary/aromatic N) is 1. The van der Waals surface area contributed by atoms with E-state index in [4.69, 9.17) is 4.74 Å². The zero-order valence-corrected chi connectivity index (χ0v) is 12.0. The molecule has 1 aliphatic heterocycles. The molecule has 1 atom stereocenters. The second-order valence-corrected chi connectivity index (χ2v) is 6.11. The van der Waals surface area contributed by atoms with Crippen molar-refractivity contribution in [3.05, 3.63) is 44.9 Å². The van der Waals surface area contributed by atoms with Gasteiger partial charge in [-0.25, -0.2) is 4.98 Å². The van der Waals surface area contributed by atoms with Gasteiger partial charge in [0, 0.05) is 5.56 Å². The molecule has 19 heavy (non-hydrogen) atoms. The molecule has 1 aromatic heterocycles. The summed E-state index contributed by atoms with van der Waals surface area (Å²) in [5, 5.41) is 11.6. The number of ether oxygens (including phenoxy) is 1. The third-order valence-electron chi connectivity index (χ3n) is 3.45. The summed E-state index contributed by atoms with van der Waals surface area (Å²) < 4.78 is 5.77. The van der Waals surface area contributed by atoms with E-state index in [1.807, 2.05) is 26.0 Å². The van der Waals surface area contributed by atoms with Gasteiger partial charge < -0.3 is 9.84 Å². The van der Waals surface area contributed by atoms with Crippen molar-refractivity contribution in [1.29, 1.82) is 0 Å². The van der Waals surface area contributed by atoms with Gasteiger partial charge in [-0.15, -0.1) is 11.3 Å². The second kappa shape index (κ2) is 4.94. The molecule has 100 valence electrons. The Morgan fingerprint density at radius 1 is 1.37 bits per heavy atom. The minimum Gasteiger partial charge on any atom is -0.493 e. The Morgan fingerprint density at radius 2 is 2.21 bits per heavy atom. The maximum Gasteiger partial charge on any atom is 0.128 e. The van der Waals surface area contributed by atoms with Crippen LogP contribution in [0.3, 0.4) is 0 Å². The second-order valence-electron chi connectivity index (χ2n) is 4.87. The number of benzene rings is 1. The summed E-state index contributed by atoms with van der Waals surface area (Å²) in [6.45, 7) is 4.64. The summed E-state index contributed by atoms with van der Waals surface area (Å²) in [4.78, 5) is 5.30. The van der Waals surface area contributed by atoms with E-state index in [-0.39, 0.29) is 0 Å². The minimum absolute atomic E-state index is 0.640. The highest BCUT2D eigenvalue weighted by Crippen LogP contribution is 2.38. The highest BCUT2D eigenvalue weighted by Gasteiger charge is 2.23. The average Bonchev–Trinajstić information content (AvgIpc) is 2.76. The number of hydrogen-bond donors (Lipinski definition) is 1. The lowest BCUT2D eigenvalue weighted by Crippen LogP contribution is -2.12. The molecule has 4 heteroatoms. The highest BCUT2D eigenvalue weighted by molar-refractivity contribution is 7.11. The molecule has 0 radical (unpaired) electrons. The zero-order valence-electron chi connectivity index (χ0n) is 11.1. The fourth-order valence-corrected chi connectivity index (χ4v) is 3.50. The zero-order chi connectivity index (χ0) is 13.4. The number of thiazole rings is 1. The van der Waals surface area contributed by atoms with Crippen LogP contribution in [0.5, 0.6) is 5.75 Å². The van der Waals surface area contributed by atoms with Gasteiger partial charge in [0.15, 0.2) is 0 Å². The van der Waals surface area contributed by atoms with E-state index in [0.717, 1.165) is 46.3 Å². The molecule has 0 spiro atoms. The molecule has 0 bridgehead atoms. The van der Waals surface area contributed by atoms with Gasteiger partial charge in [-0.3, -0.25) is 0 Å². The van der Waals surface area contributed by atoms with Crippen LogP contribution in [0.1, 0.15) is 39.2 Å². The lowest BCUT2D eigenvalue weighted by atomic mass is 9.98. The van der Waals surface area contributed by atoms with Gasteiger partial charge in [0.2, 0.25) is 0 Å². The molecule has 3 rings (SSSR count). The highest BCUT2D eigenvalue weighted by atomic mass is 32.1. The largest absolute Gasteiger partial charge is 0.493 e. The lowest BCUT2D eigenvalue weighted by molar-refractivity contribution is 0.209. The SMILES string of the molecule is Cc1nc(C)c(C(O)c2cccc3c2OCCC3)s1. The molecule has 0 amide bonds. The number of hydrogen-bond acceptors (Lipinski definition) is 4. The smallest absolute Gasteiger partial charge is 0.128 e. The fourth-order valence-electron chi connectivity index (χ4n) is 2.57. The first-order valence-corrected chi connectivity index (χ1v) is 7.35. The van der Waals surface area contributed by atoms with E-state index in [1.165, 1.54) is 5.56 Å². The van der Waals surface area contributed by atoms with Crippen molar-refractivity contribution in [3.63, 3.8) is 0 Å². The van der Waals surface area contributed by atoms with E-state index < -0.39 is 6.10 Å². The van der Waals surface area contributed by atoms with Gasteiger partial charge in [-0.05, 0) is 32.3 Å². The van der Waals surface area contributed by atoms with Crippen LogP contribution in [0, 0.1) is 13.8 Å². The Kier molecular flexibility index (Phi) is 3.29. The van der Waals surface area contributed by atoms with Gasteiger partial charge >= 0.3 is 0 Å².